The fourth-order valence-electron chi connectivity index (χ4n) is 2.96. The van der Waals surface area contributed by atoms with Crippen molar-refractivity contribution in [1.29, 1.82) is 0 Å². The standard InChI is InChI=1S/C19H35N5O.HI/c1-6-20-18(22-11-15(2)14-24-9-7-8-10-24)23-13-17-21-12-16(25-17)19(3,4)5;/h12,15H,6-11,13-14H2,1-5H3,(H2,20,22,23);1H. The van der Waals surface area contributed by atoms with Crippen LogP contribution < -0.4 is 10.6 Å². The van der Waals surface area contributed by atoms with Crippen LogP contribution in [0.4, 0.5) is 0 Å². The van der Waals surface area contributed by atoms with Crippen molar-refractivity contribution >= 4 is 29.9 Å². The summed E-state index contributed by atoms with van der Waals surface area (Å²) >= 11 is 0. The Morgan fingerprint density at radius 3 is 2.58 bits per heavy atom. The normalized spacial score (nSPS) is 17.0. The highest BCUT2D eigenvalue weighted by molar-refractivity contribution is 14.0. The summed E-state index contributed by atoms with van der Waals surface area (Å²) < 4.78 is 5.81. The molecule has 2 heterocycles. The Balaban J connectivity index is 0.00000338. The van der Waals surface area contributed by atoms with E-state index in [2.05, 4.69) is 60.1 Å². The Kier molecular flexibility index (Phi) is 9.92. The van der Waals surface area contributed by atoms with Crippen molar-refractivity contribution in [3.05, 3.63) is 17.8 Å². The Morgan fingerprint density at radius 1 is 1.31 bits per heavy atom. The number of likely N-dealkylation sites (tertiary alicyclic amines) is 1. The number of guanidine groups is 1. The van der Waals surface area contributed by atoms with Gasteiger partial charge in [0.15, 0.2) is 5.96 Å². The van der Waals surface area contributed by atoms with Crippen molar-refractivity contribution in [2.75, 3.05) is 32.7 Å². The Bertz CT molecular complexity index is 546. The van der Waals surface area contributed by atoms with Gasteiger partial charge in [-0.1, -0.05) is 27.7 Å². The molecule has 1 fully saturated rings. The lowest BCUT2D eigenvalue weighted by molar-refractivity contribution is 0.287. The van der Waals surface area contributed by atoms with Crippen LogP contribution in [0.5, 0.6) is 0 Å². The molecule has 1 aliphatic rings. The molecule has 7 heteroatoms. The van der Waals surface area contributed by atoms with Crippen molar-refractivity contribution < 1.29 is 4.42 Å². The first kappa shape index (κ1) is 23.2. The SMILES string of the molecule is CCNC(=NCc1ncc(C(C)(C)C)o1)NCC(C)CN1CCCC1.I. The summed E-state index contributed by atoms with van der Waals surface area (Å²) in [5.74, 6) is 2.98. The number of halogens is 1. The summed E-state index contributed by atoms with van der Waals surface area (Å²) in [5, 5.41) is 6.74. The van der Waals surface area contributed by atoms with E-state index in [4.69, 9.17) is 4.42 Å². The fraction of sp³-hybridized carbons (Fsp3) is 0.789. The summed E-state index contributed by atoms with van der Waals surface area (Å²) in [4.78, 5) is 11.5. The molecular formula is C19H36IN5O. The number of aromatic nitrogens is 1. The van der Waals surface area contributed by atoms with Gasteiger partial charge in [0.25, 0.3) is 0 Å². The minimum atomic E-state index is -0.0251. The maximum atomic E-state index is 5.81. The number of aliphatic imine (C=N–C) groups is 1. The van der Waals surface area contributed by atoms with Crippen LogP contribution in [-0.2, 0) is 12.0 Å². The molecule has 0 aromatic carbocycles. The van der Waals surface area contributed by atoms with Crippen molar-refractivity contribution in [2.24, 2.45) is 10.9 Å². The quantitative estimate of drug-likeness (QED) is 0.358. The molecule has 26 heavy (non-hydrogen) atoms. The van der Waals surface area contributed by atoms with E-state index in [1.54, 1.807) is 0 Å². The molecule has 150 valence electrons. The average molecular weight is 477 g/mol. The summed E-state index contributed by atoms with van der Waals surface area (Å²) in [6.07, 6.45) is 4.50. The van der Waals surface area contributed by atoms with E-state index in [0.29, 0.717) is 18.4 Å². The van der Waals surface area contributed by atoms with Crippen molar-refractivity contribution in [3.8, 4) is 0 Å². The molecule has 2 rings (SSSR count). The van der Waals surface area contributed by atoms with Gasteiger partial charge in [-0.05, 0) is 38.8 Å². The molecule has 2 N–H and O–H groups in total. The predicted molar refractivity (Wildman–Crippen MR) is 118 cm³/mol. The van der Waals surface area contributed by atoms with Crippen LogP contribution in [-0.4, -0.2) is 48.6 Å². The Labute approximate surface area is 175 Å². The largest absolute Gasteiger partial charge is 0.443 e. The molecule has 0 amide bonds. The predicted octanol–water partition coefficient (Wildman–Crippen LogP) is 3.38. The Morgan fingerprint density at radius 2 is 2.00 bits per heavy atom. The summed E-state index contributed by atoms with van der Waals surface area (Å²) in [6.45, 7) is 16.6. The number of nitrogens with one attached hydrogen (secondary N) is 2. The average Bonchev–Trinajstić information content (AvgIpc) is 3.21. The second kappa shape index (κ2) is 11.1. The highest BCUT2D eigenvalue weighted by Gasteiger charge is 2.19. The lowest BCUT2D eigenvalue weighted by Gasteiger charge is -2.21. The highest BCUT2D eigenvalue weighted by atomic mass is 127. The second-order valence-corrected chi connectivity index (χ2v) is 8.06. The van der Waals surface area contributed by atoms with E-state index < -0.39 is 0 Å². The first-order valence-electron chi connectivity index (χ1n) is 9.58. The molecule has 0 bridgehead atoms. The van der Waals surface area contributed by atoms with Gasteiger partial charge in [0.05, 0.1) is 6.20 Å². The third kappa shape index (κ3) is 7.82. The van der Waals surface area contributed by atoms with Crippen LogP contribution in [0.1, 0.15) is 59.1 Å². The third-order valence-electron chi connectivity index (χ3n) is 4.40. The molecule has 1 aliphatic heterocycles. The van der Waals surface area contributed by atoms with E-state index in [1.165, 1.54) is 25.9 Å². The topological polar surface area (TPSA) is 65.7 Å². The van der Waals surface area contributed by atoms with Crippen molar-refractivity contribution in [2.45, 2.75) is 59.4 Å². The number of oxazole rings is 1. The lowest BCUT2D eigenvalue weighted by Crippen LogP contribution is -2.41. The van der Waals surface area contributed by atoms with Crippen molar-refractivity contribution in [3.63, 3.8) is 0 Å². The summed E-state index contributed by atoms with van der Waals surface area (Å²) in [6, 6.07) is 0. The lowest BCUT2D eigenvalue weighted by atomic mass is 9.94. The summed E-state index contributed by atoms with van der Waals surface area (Å²) in [7, 11) is 0. The first-order valence-corrected chi connectivity index (χ1v) is 9.58. The van der Waals surface area contributed by atoms with Crippen LogP contribution >= 0.6 is 24.0 Å². The zero-order valence-electron chi connectivity index (χ0n) is 17.0. The van der Waals surface area contributed by atoms with Gasteiger partial charge < -0.3 is 20.0 Å². The van der Waals surface area contributed by atoms with Gasteiger partial charge in [0, 0.05) is 25.0 Å². The molecular weight excluding hydrogens is 441 g/mol. The third-order valence-corrected chi connectivity index (χ3v) is 4.40. The maximum absolute atomic E-state index is 5.81. The minimum Gasteiger partial charge on any atom is -0.443 e. The van der Waals surface area contributed by atoms with E-state index in [1.807, 2.05) is 6.20 Å². The fourth-order valence-corrected chi connectivity index (χ4v) is 2.96. The number of rotatable bonds is 7. The number of nitrogens with zero attached hydrogens (tertiary/aromatic N) is 3. The Hall–Kier alpha value is -0.830. The van der Waals surface area contributed by atoms with E-state index >= 15 is 0 Å². The zero-order chi connectivity index (χ0) is 18.3. The van der Waals surface area contributed by atoms with Crippen LogP contribution in [0.25, 0.3) is 0 Å². The van der Waals surface area contributed by atoms with Crippen molar-refractivity contribution in [1.82, 2.24) is 20.5 Å². The van der Waals surface area contributed by atoms with Gasteiger partial charge in [-0.15, -0.1) is 24.0 Å². The zero-order valence-corrected chi connectivity index (χ0v) is 19.3. The molecule has 0 spiro atoms. The highest BCUT2D eigenvalue weighted by Crippen LogP contribution is 2.22. The molecule has 1 unspecified atom stereocenters. The van der Waals surface area contributed by atoms with Gasteiger partial charge in [-0.25, -0.2) is 9.98 Å². The van der Waals surface area contributed by atoms with Gasteiger partial charge in [0.2, 0.25) is 5.89 Å². The summed E-state index contributed by atoms with van der Waals surface area (Å²) in [5.41, 5.74) is -0.0251. The van der Waals surface area contributed by atoms with Crippen LogP contribution in [0.15, 0.2) is 15.6 Å². The first-order chi connectivity index (χ1) is 11.9. The van der Waals surface area contributed by atoms with Crippen LogP contribution in [0, 0.1) is 5.92 Å². The molecule has 1 aromatic rings. The van der Waals surface area contributed by atoms with Gasteiger partial charge in [-0.3, -0.25) is 0 Å². The molecule has 0 saturated carbocycles. The minimum absolute atomic E-state index is 0. The number of hydrogen-bond acceptors (Lipinski definition) is 4. The van der Waals surface area contributed by atoms with Crippen LogP contribution in [0.2, 0.25) is 0 Å². The molecule has 6 nitrogen and oxygen atoms in total. The van der Waals surface area contributed by atoms with E-state index in [9.17, 15) is 0 Å². The maximum Gasteiger partial charge on any atom is 0.216 e. The molecule has 0 aliphatic carbocycles. The second-order valence-electron chi connectivity index (χ2n) is 8.06. The molecule has 1 aromatic heterocycles. The van der Waals surface area contributed by atoms with Crippen LogP contribution in [0.3, 0.4) is 0 Å². The molecule has 0 radical (unpaired) electrons. The monoisotopic (exact) mass is 477 g/mol. The smallest absolute Gasteiger partial charge is 0.216 e. The molecule has 1 saturated heterocycles. The van der Waals surface area contributed by atoms with Gasteiger partial charge >= 0.3 is 0 Å². The number of hydrogen-bond donors (Lipinski definition) is 2. The van der Waals surface area contributed by atoms with E-state index in [-0.39, 0.29) is 29.4 Å². The van der Waals surface area contributed by atoms with E-state index in [0.717, 1.165) is 31.4 Å². The molecule has 1 atom stereocenters. The van der Waals surface area contributed by atoms with Gasteiger partial charge in [-0.2, -0.15) is 0 Å². The van der Waals surface area contributed by atoms with Gasteiger partial charge in [0.1, 0.15) is 12.3 Å².